The molecule has 0 aliphatic carbocycles. The number of imide groups is 1. The summed E-state index contributed by atoms with van der Waals surface area (Å²) in [6.07, 6.45) is 1.49. The first kappa shape index (κ1) is 18.3. The molecule has 4 nitrogen and oxygen atoms in total. The van der Waals surface area contributed by atoms with Crippen LogP contribution in [-0.4, -0.2) is 21.2 Å². The highest BCUT2D eigenvalue weighted by Gasteiger charge is 2.35. The number of benzene rings is 2. The highest BCUT2D eigenvalue weighted by atomic mass is 79.9. The summed E-state index contributed by atoms with van der Waals surface area (Å²) in [5.41, 5.74) is 1.07. The van der Waals surface area contributed by atoms with Crippen LogP contribution in [0.2, 0.25) is 10.0 Å². The van der Waals surface area contributed by atoms with Crippen LogP contribution in [0.15, 0.2) is 45.8 Å². The lowest BCUT2D eigenvalue weighted by molar-refractivity contribution is -0.123. The summed E-state index contributed by atoms with van der Waals surface area (Å²) in [7, 11) is 0. The second-order valence-corrected chi connectivity index (χ2v) is 7.96. The maximum absolute atomic E-state index is 12.6. The standard InChI is InChI=1S/C17H10BrCl2NO3S/c18-11-2-4-14(22)10(5-11)6-15-16(23)21(17(24)25-15)8-9-1-3-12(19)7-13(9)20/h1-7,22H,8H2/b15-6-. The van der Waals surface area contributed by atoms with Gasteiger partial charge in [-0.2, -0.15) is 0 Å². The number of hydrogen-bond acceptors (Lipinski definition) is 4. The quantitative estimate of drug-likeness (QED) is 0.599. The van der Waals surface area contributed by atoms with E-state index in [1.807, 2.05) is 0 Å². The number of nitrogens with zero attached hydrogens (tertiary/aromatic N) is 1. The Hall–Kier alpha value is -1.47. The molecular weight excluding hydrogens is 449 g/mol. The number of phenolic OH excluding ortho intramolecular Hbond substituents is 1. The molecular formula is C17H10BrCl2NO3S. The van der Waals surface area contributed by atoms with Crippen molar-refractivity contribution in [1.29, 1.82) is 0 Å². The van der Waals surface area contributed by atoms with Gasteiger partial charge in [0.05, 0.1) is 11.4 Å². The van der Waals surface area contributed by atoms with Crippen LogP contribution in [0.4, 0.5) is 4.79 Å². The van der Waals surface area contributed by atoms with Gasteiger partial charge in [-0.05, 0) is 53.7 Å². The predicted molar refractivity (Wildman–Crippen MR) is 104 cm³/mol. The summed E-state index contributed by atoms with van der Waals surface area (Å²) < 4.78 is 0.753. The molecule has 0 spiro atoms. The Morgan fingerprint density at radius 3 is 2.64 bits per heavy atom. The molecule has 2 aromatic carbocycles. The van der Waals surface area contributed by atoms with Gasteiger partial charge in [0.25, 0.3) is 11.1 Å². The van der Waals surface area contributed by atoms with Crippen molar-refractivity contribution in [3.8, 4) is 5.75 Å². The molecule has 25 heavy (non-hydrogen) atoms. The zero-order valence-corrected chi connectivity index (χ0v) is 16.4. The van der Waals surface area contributed by atoms with Gasteiger partial charge in [0.15, 0.2) is 0 Å². The summed E-state index contributed by atoms with van der Waals surface area (Å²) in [6, 6.07) is 9.75. The van der Waals surface area contributed by atoms with E-state index in [0.717, 1.165) is 21.1 Å². The van der Waals surface area contributed by atoms with Crippen molar-refractivity contribution in [2.45, 2.75) is 6.54 Å². The third-order valence-corrected chi connectivity index (χ3v) is 5.48. The summed E-state index contributed by atoms with van der Waals surface area (Å²) in [6.45, 7) is 0.0580. The fourth-order valence-electron chi connectivity index (χ4n) is 2.24. The molecule has 0 unspecified atom stereocenters. The van der Waals surface area contributed by atoms with Crippen molar-refractivity contribution in [2.75, 3.05) is 0 Å². The number of thioether (sulfide) groups is 1. The second-order valence-electron chi connectivity index (χ2n) is 5.21. The predicted octanol–water partition coefficient (Wildman–Crippen LogP) is 5.70. The fourth-order valence-corrected chi connectivity index (χ4v) is 3.91. The van der Waals surface area contributed by atoms with E-state index < -0.39 is 11.1 Å². The summed E-state index contributed by atoms with van der Waals surface area (Å²) >= 11 is 16.1. The van der Waals surface area contributed by atoms with Crippen LogP contribution < -0.4 is 0 Å². The van der Waals surface area contributed by atoms with Crippen molar-refractivity contribution >= 4 is 68.1 Å². The summed E-state index contributed by atoms with van der Waals surface area (Å²) in [4.78, 5) is 26.1. The highest BCUT2D eigenvalue weighted by molar-refractivity contribution is 9.10. The van der Waals surface area contributed by atoms with E-state index in [4.69, 9.17) is 23.2 Å². The average molecular weight is 459 g/mol. The van der Waals surface area contributed by atoms with Crippen LogP contribution >= 0.6 is 50.9 Å². The lowest BCUT2D eigenvalue weighted by Crippen LogP contribution is -2.27. The molecule has 2 aromatic rings. The lowest BCUT2D eigenvalue weighted by atomic mass is 10.2. The van der Waals surface area contributed by atoms with Crippen LogP contribution in [-0.2, 0) is 11.3 Å². The van der Waals surface area contributed by atoms with Crippen LogP contribution in [0.25, 0.3) is 6.08 Å². The Labute approximate surface area is 166 Å². The molecule has 2 amide bonds. The molecule has 8 heteroatoms. The molecule has 0 radical (unpaired) electrons. The third kappa shape index (κ3) is 4.03. The largest absolute Gasteiger partial charge is 0.507 e. The van der Waals surface area contributed by atoms with E-state index in [-0.39, 0.29) is 17.2 Å². The van der Waals surface area contributed by atoms with Gasteiger partial charge in [0.1, 0.15) is 5.75 Å². The topological polar surface area (TPSA) is 57.6 Å². The van der Waals surface area contributed by atoms with Crippen molar-refractivity contribution in [2.24, 2.45) is 0 Å². The maximum atomic E-state index is 12.6. The normalized spacial score (nSPS) is 16.1. The van der Waals surface area contributed by atoms with Crippen LogP contribution in [0, 0.1) is 0 Å². The Kier molecular flexibility index (Phi) is 5.43. The van der Waals surface area contributed by atoms with Gasteiger partial charge in [-0.1, -0.05) is 45.2 Å². The van der Waals surface area contributed by atoms with Gasteiger partial charge < -0.3 is 5.11 Å². The molecule has 1 aliphatic rings. The van der Waals surface area contributed by atoms with E-state index in [2.05, 4.69) is 15.9 Å². The minimum atomic E-state index is -0.430. The van der Waals surface area contributed by atoms with E-state index in [1.165, 1.54) is 12.1 Å². The van der Waals surface area contributed by atoms with Crippen LogP contribution in [0.5, 0.6) is 5.75 Å². The first-order chi connectivity index (χ1) is 11.8. The van der Waals surface area contributed by atoms with Crippen LogP contribution in [0.3, 0.4) is 0 Å². The molecule has 0 atom stereocenters. The minimum Gasteiger partial charge on any atom is -0.507 e. The molecule has 1 N–H and O–H groups in total. The molecule has 1 aliphatic heterocycles. The number of rotatable bonds is 3. The zero-order chi connectivity index (χ0) is 18.1. The molecule has 3 rings (SSSR count). The summed E-state index contributed by atoms with van der Waals surface area (Å²) in [5.74, 6) is -0.406. The van der Waals surface area contributed by atoms with Gasteiger partial charge in [-0.15, -0.1) is 0 Å². The number of hydrogen-bond donors (Lipinski definition) is 1. The number of aromatic hydroxyl groups is 1. The second kappa shape index (κ2) is 7.41. The maximum Gasteiger partial charge on any atom is 0.293 e. The Morgan fingerprint density at radius 1 is 1.16 bits per heavy atom. The van der Waals surface area contributed by atoms with E-state index in [1.54, 1.807) is 30.3 Å². The molecule has 128 valence electrons. The Balaban J connectivity index is 1.87. The number of phenols is 1. The van der Waals surface area contributed by atoms with Crippen LogP contribution in [0.1, 0.15) is 11.1 Å². The molecule has 1 saturated heterocycles. The van der Waals surface area contributed by atoms with Gasteiger partial charge in [-0.25, -0.2) is 0 Å². The molecule has 1 heterocycles. The lowest BCUT2D eigenvalue weighted by Gasteiger charge is -2.13. The average Bonchev–Trinajstić information content (AvgIpc) is 2.81. The van der Waals surface area contributed by atoms with Gasteiger partial charge >= 0.3 is 0 Å². The smallest absolute Gasteiger partial charge is 0.293 e. The van der Waals surface area contributed by atoms with E-state index in [0.29, 0.717) is 21.2 Å². The third-order valence-electron chi connectivity index (χ3n) is 3.49. The molecule has 0 bridgehead atoms. The molecule has 1 fully saturated rings. The summed E-state index contributed by atoms with van der Waals surface area (Å²) in [5, 5.41) is 10.4. The number of halogens is 3. The molecule has 0 saturated carbocycles. The number of amides is 2. The minimum absolute atomic E-state index is 0.0238. The van der Waals surface area contributed by atoms with Gasteiger partial charge in [0.2, 0.25) is 0 Å². The first-order valence-corrected chi connectivity index (χ1v) is 9.39. The van der Waals surface area contributed by atoms with E-state index in [9.17, 15) is 14.7 Å². The zero-order valence-electron chi connectivity index (χ0n) is 12.5. The number of carbonyl (C=O) groups is 2. The van der Waals surface area contributed by atoms with Gasteiger partial charge in [0, 0.05) is 20.1 Å². The van der Waals surface area contributed by atoms with Crippen molar-refractivity contribution in [1.82, 2.24) is 4.90 Å². The van der Waals surface area contributed by atoms with Gasteiger partial charge in [-0.3, -0.25) is 14.5 Å². The van der Waals surface area contributed by atoms with Crippen molar-refractivity contribution < 1.29 is 14.7 Å². The van der Waals surface area contributed by atoms with Crippen molar-refractivity contribution in [3.63, 3.8) is 0 Å². The molecule has 0 aromatic heterocycles. The fraction of sp³-hybridized carbons (Fsp3) is 0.0588. The van der Waals surface area contributed by atoms with Crippen molar-refractivity contribution in [3.05, 3.63) is 66.9 Å². The van der Waals surface area contributed by atoms with E-state index >= 15 is 0 Å². The highest BCUT2D eigenvalue weighted by Crippen LogP contribution is 2.36. The SMILES string of the molecule is O=C1S/C(=C\c2cc(Br)ccc2O)C(=O)N1Cc1ccc(Cl)cc1Cl. The Bertz CT molecular complexity index is 917. The monoisotopic (exact) mass is 457 g/mol. The number of carbonyl (C=O) groups excluding carboxylic acids is 2. The first-order valence-electron chi connectivity index (χ1n) is 7.03. The Morgan fingerprint density at radius 2 is 1.92 bits per heavy atom.